The third kappa shape index (κ3) is 16.9. The van der Waals surface area contributed by atoms with Gasteiger partial charge in [0, 0.05) is 46.0 Å². The quantitative estimate of drug-likeness (QED) is 0.0256. The van der Waals surface area contributed by atoms with E-state index < -0.39 is 16.9 Å². The molecule has 0 amide bonds. The summed E-state index contributed by atoms with van der Waals surface area (Å²) in [5.41, 5.74) is 9.01. The van der Waals surface area contributed by atoms with Crippen molar-refractivity contribution in [1.82, 2.24) is 30.6 Å². The maximum atomic E-state index is 13.7. The van der Waals surface area contributed by atoms with E-state index >= 15 is 0 Å². The molecule has 6 N–H and O–H groups in total. The predicted octanol–water partition coefficient (Wildman–Crippen LogP) is 15.3. The smallest absolute Gasteiger partial charge is 0.323 e. The molecule has 13 nitrogen and oxygen atoms in total. The van der Waals surface area contributed by atoms with Gasteiger partial charge in [-0.25, -0.2) is 14.8 Å². The summed E-state index contributed by atoms with van der Waals surface area (Å²) in [4.78, 5) is 55.3. The van der Waals surface area contributed by atoms with E-state index in [1.807, 2.05) is 137 Å². The molecule has 2 aliphatic rings. The highest BCUT2D eigenvalue weighted by atomic mass is 35.5. The van der Waals surface area contributed by atoms with Crippen LogP contribution < -0.4 is 16.3 Å². The van der Waals surface area contributed by atoms with Crippen molar-refractivity contribution >= 4 is 81.3 Å². The van der Waals surface area contributed by atoms with Crippen molar-refractivity contribution in [2.45, 2.75) is 128 Å². The minimum absolute atomic E-state index is 0.0841. The summed E-state index contributed by atoms with van der Waals surface area (Å²) in [7, 11) is 0. The lowest BCUT2D eigenvalue weighted by atomic mass is 9.89. The lowest BCUT2D eigenvalue weighted by Crippen LogP contribution is -2.31. The van der Waals surface area contributed by atoms with Crippen LogP contribution in [0.15, 0.2) is 163 Å². The van der Waals surface area contributed by atoms with Gasteiger partial charge in [0.25, 0.3) is 0 Å². The summed E-state index contributed by atoms with van der Waals surface area (Å²) in [6, 6.07) is 52.2. The number of carbonyl (C=O) groups is 2. The number of aromatic amines is 2. The summed E-state index contributed by atoms with van der Waals surface area (Å²) in [5, 5.41) is 33.2. The molecule has 2 aliphatic carbocycles. The fourth-order valence-corrected chi connectivity index (χ4v) is 12.5. The number of aryl methyl sites for hydroxylation is 2. The van der Waals surface area contributed by atoms with Crippen molar-refractivity contribution in [3.8, 4) is 0 Å². The molecule has 90 heavy (non-hydrogen) atoms. The number of aliphatic hydroxyl groups is 2. The Kier molecular flexibility index (Phi) is 19.5. The SMILES string of the molecule is CC(C)(O)c1ccccc1CC[C@@H](NCC1(CC(=O)OCc2[nH]c(=O)[nH]c2COC(=O)CC2(CN[C@H](CCc3ccccc3C(C)(C)O)c3cccc(/C=C/c4ccc5ccc(Cl)cc5n4)c3)CC2)CC1)c1cccc(/C=C/c2ccc3ccc(Cl)cc3n2)c1. The molecule has 2 atom stereocenters. The molecule has 0 aliphatic heterocycles. The Hall–Kier alpha value is -8.01. The van der Waals surface area contributed by atoms with Crippen molar-refractivity contribution in [3.05, 3.63) is 246 Å². The summed E-state index contributed by atoms with van der Waals surface area (Å²) in [6.07, 6.45) is 14.8. The number of esters is 2. The standard InChI is InChI=1S/C75H78Cl2N6O7/c1-72(2,87)61-17-7-5-13-51(61)25-33-63(55-15-9-11-49(39-55)19-29-59-31-23-53-21-27-57(76)41-65(53)80-59)78-47-74(35-36-74)43-69(84)89-45-67-68(83-71(86)82-67)46-90-70(85)44-75(37-38-75)48-79-64(34-26-52-14-6-8-18-62(52)73(3,4)88)56-16-10-12-50(40-56)20-30-60-32-24-54-22-28-58(77)42-66(54)81-60/h5-24,27-32,39-42,63-64,78-79,87-88H,25-26,33-38,43-48H2,1-4H3,(H2,82,83,86)/b29-19+,30-20+/t63-,64-/m1/s1. The molecule has 3 aromatic heterocycles. The fraction of sp³-hybridized carbons (Fsp3) is 0.320. The second-order valence-electron chi connectivity index (χ2n) is 25.7. The summed E-state index contributed by atoms with van der Waals surface area (Å²) < 4.78 is 11.7. The van der Waals surface area contributed by atoms with Crippen molar-refractivity contribution in [2.24, 2.45) is 10.8 Å². The Balaban J connectivity index is 0.702. The number of aromatic nitrogens is 4. The van der Waals surface area contributed by atoms with Crippen LogP contribution in [-0.4, -0.2) is 55.2 Å². The topological polar surface area (TPSA) is 192 Å². The van der Waals surface area contributed by atoms with Gasteiger partial charge in [0.2, 0.25) is 0 Å². The number of ether oxygens (including phenoxy) is 2. The molecule has 0 bridgehead atoms. The van der Waals surface area contributed by atoms with Crippen molar-refractivity contribution in [1.29, 1.82) is 0 Å². The highest BCUT2D eigenvalue weighted by Crippen LogP contribution is 2.50. The Morgan fingerprint density at radius 2 is 0.967 bits per heavy atom. The number of nitrogens with one attached hydrogen (secondary N) is 4. The minimum Gasteiger partial charge on any atom is -0.459 e. The number of hydrogen-bond donors (Lipinski definition) is 6. The number of nitrogens with zero attached hydrogens (tertiary/aromatic N) is 2. The van der Waals surface area contributed by atoms with E-state index in [0.29, 0.717) is 47.4 Å². The maximum absolute atomic E-state index is 13.7. The molecule has 6 aromatic carbocycles. The first-order valence-corrected chi connectivity index (χ1v) is 31.9. The number of H-pyrrole nitrogens is 2. The number of fused-ring (bicyclic) bond motifs is 2. The molecule has 464 valence electrons. The Bertz CT molecular complexity index is 3910. The van der Waals surface area contributed by atoms with E-state index in [-0.39, 0.29) is 60.9 Å². The monoisotopic (exact) mass is 1240 g/mol. The van der Waals surface area contributed by atoms with Crippen LogP contribution in [0.3, 0.4) is 0 Å². The molecule has 0 unspecified atom stereocenters. The van der Waals surface area contributed by atoms with Gasteiger partial charge in [0.05, 0.1) is 57.9 Å². The summed E-state index contributed by atoms with van der Waals surface area (Å²) in [5.74, 6) is -0.774. The molecule has 9 aromatic rings. The molecule has 0 radical (unpaired) electrons. The van der Waals surface area contributed by atoms with Crippen molar-refractivity contribution in [3.63, 3.8) is 0 Å². The molecular formula is C75H78Cl2N6O7. The lowest BCUT2D eigenvalue weighted by Gasteiger charge is -2.26. The van der Waals surface area contributed by atoms with Gasteiger partial charge in [-0.1, -0.05) is 157 Å². The van der Waals surface area contributed by atoms with Crippen LogP contribution in [-0.2, 0) is 56.3 Å². The van der Waals surface area contributed by atoms with Crippen LogP contribution in [0.1, 0.15) is 158 Å². The van der Waals surface area contributed by atoms with Gasteiger partial charge >= 0.3 is 17.6 Å². The molecule has 2 saturated carbocycles. The fourth-order valence-electron chi connectivity index (χ4n) is 12.2. The minimum atomic E-state index is -1.01. The molecular weight excluding hydrogens is 1170 g/mol. The number of rotatable bonds is 28. The zero-order chi connectivity index (χ0) is 63.0. The van der Waals surface area contributed by atoms with E-state index in [0.717, 1.165) is 116 Å². The second kappa shape index (κ2) is 27.6. The number of benzene rings is 6. The van der Waals surface area contributed by atoms with E-state index in [4.69, 9.17) is 42.6 Å². The van der Waals surface area contributed by atoms with Crippen molar-refractivity contribution < 1.29 is 29.3 Å². The van der Waals surface area contributed by atoms with Gasteiger partial charge in [-0.15, -0.1) is 0 Å². The van der Waals surface area contributed by atoms with E-state index in [1.54, 1.807) is 0 Å². The van der Waals surface area contributed by atoms with Crippen LogP contribution in [0.5, 0.6) is 0 Å². The highest BCUT2D eigenvalue weighted by molar-refractivity contribution is 6.31. The molecule has 11 rings (SSSR count). The average molecular weight is 1250 g/mol. The van der Waals surface area contributed by atoms with Crippen LogP contribution >= 0.6 is 23.2 Å². The van der Waals surface area contributed by atoms with Crippen LogP contribution in [0, 0.1) is 10.8 Å². The molecule has 2 fully saturated rings. The number of halogens is 2. The normalized spacial score (nSPS) is 15.2. The van der Waals surface area contributed by atoms with Gasteiger partial charge in [0.1, 0.15) is 13.2 Å². The van der Waals surface area contributed by atoms with Gasteiger partial charge in [-0.3, -0.25) is 9.59 Å². The molecule has 15 heteroatoms. The van der Waals surface area contributed by atoms with Crippen LogP contribution in [0.4, 0.5) is 0 Å². The first-order valence-electron chi connectivity index (χ1n) is 31.1. The zero-order valence-corrected chi connectivity index (χ0v) is 53.0. The third-order valence-corrected chi connectivity index (χ3v) is 18.1. The second-order valence-corrected chi connectivity index (χ2v) is 26.6. The van der Waals surface area contributed by atoms with Crippen LogP contribution in [0.25, 0.3) is 46.1 Å². The van der Waals surface area contributed by atoms with Crippen LogP contribution in [0.2, 0.25) is 10.0 Å². The van der Waals surface area contributed by atoms with Gasteiger partial charge in [0.15, 0.2) is 0 Å². The van der Waals surface area contributed by atoms with Crippen molar-refractivity contribution in [2.75, 3.05) is 13.1 Å². The maximum Gasteiger partial charge on any atom is 0.323 e. The summed E-state index contributed by atoms with van der Waals surface area (Å²) in [6.45, 7) is 8.01. The third-order valence-electron chi connectivity index (χ3n) is 17.7. The predicted molar refractivity (Wildman–Crippen MR) is 359 cm³/mol. The molecule has 3 heterocycles. The van der Waals surface area contributed by atoms with E-state index in [1.165, 1.54) is 0 Å². The molecule has 0 spiro atoms. The van der Waals surface area contributed by atoms with E-state index in [2.05, 4.69) is 93.4 Å². The highest BCUT2D eigenvalue weighted by Gasteiger charge is 2.46. The first-order chi connectivity index (χ1) is 43.2. The largest absolute Gasteiger partial charge is 0.459 e. The van der Waals surface area contributed by atoms with Gasteiger partial charge in [-0.2, -0.15) is 0 Å². The number of pyridine rings is 2. The average Bonchev–Trinajstić information content (AvgIpc) is 1.99. The number of imidazole rings is 1. The summed E-state index contributed by atoms with van der Waals surface area (Å²) >= 11 is 12.6. The zero-order valence-electron chi connectivity index (χ0n) is 51.5. The van der Waals surface area contributed by atoms with E-state index in [9.17, 15) is 24.6 Å². The number of hydrogen-bond acceptors (Lipinski definition) is 11. The number of carbonyl (C=O) groups excluding carboxylic acids is 2. The Morgan fingerprint density at radius 3 is 1.38 bits per heavy atom. The Labute approximate surface area is 536 Å². The molecule has 0 saturated heterocycles. The van der Waals surface area contributed by atoms with Gasteiger partial charge in [-0.05, 0) is 183 Å². The Morgan fingerprint density at radius 1 is 0.556 bits per heavy atom. The first kappa shape index (κ1) is 63.6. The lowest BCUT2D eigenvalue weighted by molar-refractivity contribution is -0.148. The van der Waals surface area contributed by atoms with Gasteiger partial charge < -0.3 is 40.3 Å².